The molecular weight excluding hydrogens is 263 g/mol. The Hall–Kier alpha value is -2.11. The Morgan fingerprint density at radius 3 is 2.95 bits per heavy atom. The van der Waals surface area contributed by atoms with Crippen molar-refractivity contribution in [2.45, 2.75) is 32.2 Å². The third-order valence-corrected chi connectivity index (χ3v) is 3.49. The minimum absolute atomic E-state index is 0.0600. The number of rotatable bonds is 3. The van der Waals surface area contributed by atoms with Crippen LogP contribution >= 0.6 is 0 Å². The molecule has 0 saturated carbocycles. The Morgan fingerprint density at radius 2 is 2.25 bits per heavy atom. The van der Waals surface area contributed by atoms with Crippen LogP contribution in [0, 0.1) is 12.7 Å². The van der Waals surface area contributed by atoms with E-state index in [2.05, 4.69) is 5.32 Å². The molecule has 1 aliphatic rings. The molecule has 1 atom stereocenters. The molecule has 0 aromatic heterocycles. The maximum absolute atomic E-state index is 13.2. The summed E-state index contributed by atoms with van der Waals surface area (Å²) in [5.41, 5.74) is 1.17. The third-order valence-electron chi connectivity index (χ3n) is 3.49. The molecule has 0 spiro atoms. The lowest BCUT2D eigenvalue weighted by atomic mass is 10.1. The fourth-order valence-electron chi connectivity index (χ4n) is 2.43. The van der Waals surface area contributed by atoms with Gasteiger partial charge in [-0.25, -0.2) is 9.18 Å². The smallest absolute Gasteiger partial charge is 0.322 e. The van der Waals surface area contributed by atoms with Gasteiger partial charge in [0.25, 0.3) is 0 Å². The molecule has 2 amide bonds. The first kappa shape index (κ1) is 14.3. The highest BCUT2D eigenvalue weighted by molar-refractivity contribution is 5.90. The average molecular weight is 280 g/mol. The van der Waals surface area contributed by atoms with Crippen molar-refractivity contribution in [2.75, 3.05) is 11.9 Å². The second kappa shape index (κ2) is 5.90. The summed E-state index contributed by atoms with van der Waals surface area (Å²) >= 11 is 0. The van der Waals surface area contributed by atoms with Gasteiger partial charge in [-0.05, 0) is 37.5 Å². The molecule has 1 saturated heterocycles. The largest absolute Gasteiger partial charge is 0.481 e. The molecule has 1 fully saturated rings. The van der Waals surface area contributed by atoms with Crippen molar-refractivity contribution in [3.8, 4) is 0 Å². The van der Waals surface area contributed by atoms with Crippen LogP contribution in [0.2, 0.25) is 0 Å². The van der Waals surface area contributed by atoms with Crippen LogP contribution in [0.3, 0.4) is 0 Å². The summed E-state index contributed by atoms with van der Waals surface area (Å²) in [5, 5.41) is 11.5. The van der Waals surface area contributed by atoms with Crippen molar-refractivity contribution in [1.29, 1.82) is 0 Å². The number of carboxylic acids is 1. The van der Waals surface area contributed by atoms with Gasteiger partial charge in [0.15, 0.2) is 0 Å². The number of nitrogens with one attached hydrogen (secondary N) is 1. The van der Waals surface area contributed by atoms with Crippen LogP contribution in [-0.4, -0.2) is 34.6 Å². The predicted molar refractivity (Wildman–Crippen MR) is 72.1 cm³/mol. The van der Waals surface area contributed by atoms with Gasteiger partial charge in [-0.15, -0.1) is 0 Å². The number of hydrogen-bond donors (Lipinski definition) is 2. The van der Waals surface area contributed by atoms with Crippen LogP contribution in [0.25, 0.3) is 0 Å². The quantitative estimate of drug-likeness (QED) is 0.894. The van der Waals surface area contributed by atoms with E-state index in [1.807, 2.05) is 0 Å². The number of hydrogen-bond acceptors (Lipinski definition) is 2. The number of halogens is 1. The van der Waals surface area contributed by atoms with Crippen molar-refractivity contribution in [3.63, 3.8) is 0 Å². The van der Waals surface area contributed by atoms with Gasteiger partial charge in [-0.3, -0.25) is 4.79 Å². The Morgan fingerprint density at radius 1 is 1.50 bits per heavy atom. The van der Waals surface area contributed by atoms with E-state index in [1.165, 1.54) is 17.0 Å². The van der Waals surface area contributed by atoms with E-state index < -0.39 is 11.8 Å². The van der Waals surface area contributed by atoms with Gasteiger partial charge < -0.3 is 15.3 Å². The summed E-state index contributed by atoms with van der Waals surface area (Å²) in [6, 6.07) is 3.51. The molecule has 0 aliphatic carbocycles. The van der Waals surface area contributed by atoms with E-state index in [0.29, 0.717) is 18.7 Å². The molecular formula is C14H17FN2O3. The number of benzene rings is 1. The molecule has 5 nitrogen and oxygen atoms in total. The van der Waals surface area contributed by atoms with Gasteiger partial charge in [0, 0.05) is 18.3 Å². The molecule has 1 unspecified atom stereocenters. The van der Waals surface area contributed by atoms with Crippen molar-refractivity contribution in [2.24, 2.45) is 0 Å². The lowest BCUT2D eigenvalue weighted by Gasteiger charge is -2.24. The molecule has 2 N–H and O–H groups in total. The number of aliphatic carboxylic acids is 1. The summed E-state index contributed by atoms with van der Waals surface area (Å²) in [5.74, 6) is -1.34. The molecule has 0 bridgehead atoms. The van der Waals surface area contributed by atoms with E-state index in [-0.39, 0.29) is 18.5 Å². The Bertz CT molecular complexity index is 533. The molecule has 108 valence electrons. The Labute approximate surface area is 116 Å². The van der Waals surface area contributed by atoms with Crippen molar-refractivity contribution >= 4 is 17.7 Å². The fourth-order valence-corrected chi connectivity index (χ4v) is 2.43. The molecule has 6 heteroatoms. The second-order valence-electron chi connectivity index (χ2n) is 4.98. The van der Waals surface area contributed by atoms with Gasteiger partial charge in [0.2, 0.25) is 0 Å². The monoisotopic (exact) mass is 280 g/mol. The van der Waals surface area contributed by atoms with Gasteiger partial charge >= 0.3 is 12.0 Å². The standard InChI is InChI=1S/C14H17FN2O3/c1-9-4-5-10(15)7-12(9)16-14(20)17-6-2-3-11(17)8-13(18)19/h4-5,7,11H,2-3,6,8H2,1H3,(H,16,20)(H,18,19). The van der Waals surface area contributed by atoms with E-state index in [4.69, 9.17) is 5.11 Å². The Kier molecular flexibility index (Phi) is 4.22. The number of carbonyl (C=O) groups excluding carboxylic acids is 1. The third kappa shape index (κ3) is 3.26. The van der Waals surface area contributed by atoms with E-state index in [1.54, 1.807) is 13.0 Å². The van der Waals surface area contributed by atoms with Crippen molar-refractivity contribution in [1.82, 2.24) is 4.90 Å². The molecule has 1 aromatic carbocycles. The van der Waals surface area contributed by atoms with Crippen molar-refractivity contribution in [3.05, 3.63) is 29.6 Å². The summed E-state index contributed by atoms with van der Waals surface area (Å²) in [7, 11) is 0. The second-order valence-corrected chi connectivity index (χ2v) is 4.98. The first-order valence-corrected chi connectivity index (χ1v) is 6.53. The molecule has 20 heavy (non-hydrogen) atoms. The minimum atomic E-state index is -0.920. The maximum Gasteiger partial charge on any atom is 0.322 e. The summed E-state index contributed by atoms with van der Waals surface area (Å²) < 4.78 is 13.2. The summed E-state index contributed by atoms with van der Waals surface area (Å²) in [4.78, 5) is 24.5. The molecule has 0 radical (unpaired) electrons. The summed E-state index contributed by atoms with van der Waals surface area (Å²) in [6.45, 7) is 2.30. The molecule has 1 aromatic rings. The van der Waals surface area contributed by atoms with Gasteiger partial charge in [0.1, 0.15) is 5.82 Å². The van der Waals surface area contributed by atoms with Crippen LogP contribution in [-0.2, 0) is 4.79 Å². The normalized spacial score (nSPS) is 18.1. The van der Waals surface area contributed by atoms with Crippen LogP contribution < -0.4 is 5.32 Å². The highest BCUT2D eigenvalue weighted by atomic mass is 19.1. The van der Waals surface area contributed by atoms with E-state index in [0.717, 1.165) is 12.0 Å². The number of carboxylic acid groups (broad SMARTS) is 1. The lowest BCUT2D eigenvalue weighted by molar-refractivity contribution is -0.137. The number of nitrogens with zero attached hydrogens (tertiary/aromatic N) is 1. The highest BCUT2D eigenvalue weighted by Gasteiger charge is 2.30. The van der Waals surface area contributed by atoms with Crippen LogP contribution in [0.5, 0.6) is 0 Å². The number of aryl methyl sites for hydroxylation is 1. The molecule has 2 rings (SSSR count). The average Bonchev–Trinajstić information content (AvgIpc) is 2.81. The highest BCUT2D eigenvalue weighted by Crippen LogP contribution is 2.23. The number of amides is 2. The predicted octanol–water partition coefficient (Wildman–Crippen LogP) is 2.61. The van der Waals surface area contributed by atoms with E-state index in [9.17, 15) is 14.0 Å². The first-order chi connectivity index (χ1) is 9.47. The topological polar surface area (TPSA) is 69.6 Å². The minimum Gasteiger partial charge on any atom is -0.481 e. The van der Waals surface area contributed by atoms with Crippen LogP contribution in [0.4, 0.5) is 14.9 Å². The zero-order valence-electron chi connectivity index (χ0n) is 11.2. The fraction of sp³-hybridized carbons (Fsp3) is 0.429. The number of anilines is 1. The SMILES string of the molecule is Cc1ccc(F)cc1NC(=O)N1CCCC1CC(=O)O. The zero-order valence-corrected chi connectivity index (χ0v) is 11.2. The zero-order chi connectivity index (χ0) is 14.7. The number of likely N-dealkylation sites (tertiary alicyclic amines) is 1. The van der Waals surface area contributed by atoms with Gasteiger partial charge in [-0.2, -0.15) is 0 Å². The van der Waals surface area contributed by atoms with Gasteiger partial charge in [-0.1, -0.05) is 6.07 Å². The number of urea groups is 1. The van der Waals surface area contributed by atoms with Crippen molar-refractivity contribution < 1.29 is 19.1 Å². The van der Waals surface area contributed by atoms with E-state index >= 15 is 0 Å². The van der Waals surface area contributed by atoms with Crippen LogP contribution in [0.15, 0.2) is 18.2 Å². The maximum atomic E-state index is 13.2. The Balaban J connectivity index is 2.07. The van der Waals surface area contributed by atoms with Crippen LogP contribution in [0.1, 0.15) is 24.8 Å². The molecule has 1 heterocycles. The van der Waals surface area contributed by atoms with Gasteiger partial charge in [0.05, 0.1) is 6.42 Å². The first-order valence-electron chi connectivity index (χ1n) is 6.53. The summed E-state index contributed by atoms with van der Waals surface area (Å²) in [6.07, 6.45) is 1.41. The number of carbonyl (C=O) groups is 2. The molecule has 1 aliphatic heterocycles. The lowest BCUT2D eigenvalue weighted by Crippen LogP contribution is -2.39.